The van der Waals surface area contributed by atoms with Crippen molar-refractivity contribution in [2.75, 3.05) is 19.5 Å². The van der Waals surface area contributed by atoms with Gasteiger partial charge in [-0.1, -0.05) is 29.8 Å². The fraction of sp³-hybridized carbons (Fsp3) is 0.235. The Morgan fingerprint density at radius 1 is 1.27 bits per heavy atom. The highest BCUT2D eigenvalue weighted by Crippen LogP contribution is 2.21. The first kappa shape index (κ1) is 15.8. The van der Waals surface area contributed by atoms with E-state index in [0.717, 1.165) is 16.9 Å². The van der Waals surface area contributed by atoms with E-state index in [1.54, 1.807) is 26.3 Å². The van der Waals surface area contributed by atoms with Gasteiger partial charge in [0, 0.05) is 12.6 Å². The van der Waals surface area contributed by atoms with E-state index >= 15 is 0 Å². The molecule has 0 unspecified atom stereocenters. The van der Waals surface area contributed by atoms with E-state index in [-0.39, 0.29) is 11.7 Å². The van der Waals surface area contributed by atoms with Gasteiger partial charge in [0.2, 0.25) is 0 Å². The Bertz CT molecular complexity index is 673. The van der Waals surface area contributed by atoms with Crippen molar-refractivity contribution in [1.29, 1.82) is 0 Å². The molecule has 0 heterocycles. The maximum Gasteiger partial charge on any atom is 0.321 e. The van der Waals surface area contributed by atoms with Crippen molar-refractivity contribution in [1.82, 2.24) is 4.90 Å². The largest absolute Gasteiger partial charge is 0.496 e. The Kier molecular flexibility index (Phi) is 4.99. The predicted octanol–water partition coefficient (Wildman–Crippen LogP) is 3.81. The minimum Gasteiger partial charge on any atom is -0.496 e. The molecule has 2 aromatic carbocycles. The Balaban J connectivity index is 2.09. The van der Waals surface area contributed by atoms with Gasteiger partial charge in [0.1, 0.15) is 11.6 Å². The van der Waals surface area contributed by atoms with Gasteiger partial charge in [0.15, 0.2) is 0 Å². The van der Waals surface area contributed by atoms with Crippen LogP contribution in [0.5, 0.6) is 5.75 Å². The summed E-state index contributed by atoms with van der Waals surface area (Å²) in [6, 6.07) is 11.5. The Labute approximate surface area is 129 Å². The number of nitrogens with zero attached hydrogens (tertiary/aromatic N) is 1. The van der Waals surface area contributed by atoms with Gasteiger partial charge < -0.3 is 15.0 Å². The van der Waals surface area contributed by atoms with E-state index in [0.29, 0.717) is 6.54 Å². The zero-order chi connectivity index (χ0) is 16.1. The molecule has 4 nitrogen and oxygen atoms in total. The molecule has 0 spiro atoms. The molecule has 0 aromatic heterocycles. The number of ether oxygens (including phenoxy) is 1. The summed E-state index contributed by atoms with van der Waals surface area (Å²) in [5, 5.41) is 2.55. The van der Waals surface area contributed by atoms with Crippen LogP contribution in [0.25, 0.3) is 0 Å². The number of nitrogens with one attached hydrogen (secondary N) is 1. The van der Waals surface area contributed by atoms with Crippen molar-refractivity contribution in [2.24, 2.45) is 0 Å². The monoisotopic (exact) mass is 302 g/mol. The molecular weight excluding hydrogens is 283 g/mol. The number of benzene rings is 2. The minimum atomic E-state index is -0.461. The van der Waals surface area contributed by atoms with Crippen LogP contribution >= 0.6 is 0 Å². The van der Waals surface area contributed by atoms with Crippen molar-refractivity contribution >= 4 is 11.7 Å². The van der Waals surface area contributed by atoms with Crippen LogP contribution in [0.3, 0.4) is 0 Å². The summed E-state index contributed by atoms with van der Waals surface area (Å²) in [4.78, 5) is 13.6. The van der Waals surface area contributed by atoms with E-state index in [9.17, 15) is 9.18 Å². The molecule has 1 N–H and O–H groups in total. The number of carbonyl (C=O) groups is 1. The van der Waals surface area contributed by atoms with Crippen LogP contribution < -0.4 is 10.1 Å². The Morgan fingerprint density at radius 2 is 2.00 bits per heavy atom. The summed E-state index contributed by atoms with van der Waals surface area (Å²) in [5.41, 5.74) is 2.14. The molecule has 5 heteroatoms. The topological polar surface area (TPSA) is 41.6 Å². The lowest BCUT2D eigenvalue weighted by atomic mass is 10.1. The van der Waals surface area contributed by atoms with Gasteiger partial charge in [0.05, 0.1) is 19.3 Å². The third kappa shape index (κ3) is 3.75. The van der Waals surface area contributed by atoms with Gasteiger partial charge in [-0.25, -0.2) is 9.18 Å². The van der Waals surface area contributed by atoms with E-state index in [2.05, 4.69) is 5.32 Å². The van der Waals surface area contributed by atoms with Gasteiger partial charge in [-0.15, -0.1) is 0 Å². The van der Waals surface area contributed by atoms with E-state index in [4.69, 9.17) is 4.74 Å². The maximum atomic E-state index is 13.6. The van der Waals surface area contributed by atoms with Crippen LogP contribution in [-0.2, 0) is 6.54 Å². The Hall–Kier alpha value is -2.56. The highest BCUT2D eigenvalue weighted by molar-refractivity contribution is 5.89. The molecule has 0 fully saturated rings. The predicted molar refractivity (Wildman–Crippen MR) is 84.6 cm³/mol. The van der Waals surface area contributed by atoms with Crippen molar-refractivity contribution in [3.8, 4) is 5.75 Å². The van der Waals surface area contributed by atoms with Gasteiger partial charge in [-0.05, 0) is 25.1 Å². The molecule has 2 rings (SSSR count). The molecule has 0 aliphatic carbocycles. The number of hydrogen-bond donors (Lipinski definition) is 1. The van der Waals surface area contributed by atoms with Crippen molar-refractivity contribution in [3.63, 3.8) is 0 Å². The smallest absolute Gasteiger partial charge is 0.321 e. The molecule has 0 aliphatic heterocycles. The number of carbonyl (C=O) groups excluding carboxylic acids is 1. The Morgan fingerprint density at radius 3 is 2.68 bits per heavy atom. The molecule has 0 saturated heterocycles. The van der Waals surface area contributed by atoms with E-state index < -0.39 is 5.82 Å². The van der Waals surface area contributed by atoms with Gasteiger partial charge in [-0.3, -0.25) is 0 Å². The van der Waals surface area contributed by atoms with Crippen molar-refractivity contribution in [2.45, 2.75) is 13.5 Å². The summed E-state index contributed by atoms with van der Waals surface area (Å²) < 4.78 is 18.9. The highest BCUT2D eigenvalue weighted by atomic mass is 19.1. The van der Waals surface area contributed by atoms with Crippen LogP contribution in [0, 0.1) is 12.7 Å². The van der Waals surface area contributed by atoms with Crippen LogP contribution in [0.2, 0.25) is 0 Å². The average Bonchev–Trinajstić information content (AvgIpc) is 2.49. The molecule has 0 radical (unpaired) electrons. The minimum absolute atomic E-state index is 0.163. The molecule has 0 atom stereocenters. The van der Waals surface area contributed by atoms with Crippen LogP contribution in [0.15, 0.2) is 42.5 Å². The molecule has 0 aliphatic rings. The number of hydrogen-bond acceptors (Lipinski definition) is 2. The van der Waals surface area contributed by atoms with Crippen molar-refractivity contribution in [3.05, 3.63) is 59.4 Å². The van der Waals surface area contributed by atoms with E-state index in [1.807, 2.05) is 25.1 Å². The van der Waals surface area contributed by atoms with Gasteiger partial charge in [0.25, 0.3) is 0 Å². The first-order chi connectivity index (χ1) is 10.5. The molecule has 2 amide bonds. The summed E-state index contributed by atoms with van der Waals surface area (Å²) >= 11 is 0. The van der Waals surface area contributed by atoms with Crippen molar-refractivity contribution < 1.29 is 13.9 Å². The van der Waals surface area contributed by atoms with Crippen LogP contribution in [0.1, 0.15) is 11.1 Å². The number of urea groups is 1. The zero-order valence-corrected chi connectivity index (χ0v) is 12.9. The quantitative estimate of drug-likeness (QED) is 0.933. The van der Waals surface area contributed by atoms with Crippen LogP contribution in [-0.4, -0.2) is 25.1 Å². The number of halogens is 1. The second kappa shape index (κ2) is 6.93. The van der Waals surface area contributed by atoms with E-state index in [1.165, 1.54) is 17.0 Å². The number of aryl methyl sites for hydroxylation is 1. The average molecular weight is 302 g/mol. The summed E-state index contributed by atoms with van der Waals surface area (Å²) in [7, 11) is 3.24. The summed E-state index contributed by atoms with van der Waals surface area (Å²) in [6.45, 7) is 2.34. The number of para-hydroxylation sites is 1. The lowest BCUT2D eigenvalue weighted by molar-refractivity contribution is 0.220. The number of methoxy groups -OCH3 is 1. The first-order valence-electron chi connectivity index (χ1n) is 6.91. The summed E-state index contributed by atoms with van der Waals surface area (Å²) in [5.74, 6) is 0.258. The molecule has 22 heavy (non-hydrogen) atoms. The lowest BCUT2D eigenvalue weighted by Crippen LogP contribution is -2.31. The number of amides is 2. The summed E-state index contributed by atoms with van der Waals surface area (Å²) in [6.07, 6.45) is 0. The molecule has 0 saturated carbocycles. The standard InChI is InChI=1S/C17H19FN2O2/c1-12-8-9-16(22-3)13(10-12)11-20(2)17(21)19-15-7-5-4-6-14(15)18/h4-10H,11H2,1-3H3,(H,19,21). The third-order valence-corrected chi connectivity index (χ3v) is 3.31. The number of rotatable bonds is 4. The van der Waals surface area contributed by atoms with Gasteiger partial charge in [-0.2, -0.15) is 0 Å². The maximum absolute atomic E-state index is 13.6. The normalized spacial score (nSPS) is 10.2. The second-order valence-electron chi connectivity index (χ2n) is 5.08. The molecular formula is C17H19FN2O2. The van der Waals surface area contributed by atoms with Gasteiger partial charge >= 0.3 is 6.03 Å². The highest BCUT2D eigenvalue weighted by Gasteiger charge is 2.13. The molecule has 0 bridgehead atoms. The molecule has 2 aromatic rings. The zero-order valence-electron chi connectivity index (χ0n) is 12.9. The molecule has 116 valence electrons. The SMILES string of the molecule is COc1ccc(C)cc1CN(C)C(=O)Nc1ccccc1F. The fourth-order valence-electron chi connectivity index (χ4n) is 2.13. The first-order valence-corrected chi connectivity index (χ1v) is 6.91. The second-order valence-corrected chi connectivity index (χ2v) is 5.08. The fourth-order valence-corrected chi connectivity index (χ4v) is 2.13. The lowest BCUT2D eigenvalue weighted by Gasteiger charge is -2.20. The number of anilines is 1. The van der Waals surface area contributed by atoms with Crippen LogP contribution in [0.4, 0.5) is 14.9 Å². The third-order valence-electron chi connectivity index (χ3n) is 3.31.